The highest BCUT2D eigenvalue weighted by atomic mass is 16.5. The monoisotopic (exact) mass is 381 g/mol. The van der Waals surface area contributed by atoms with Crippen LogP contribution in [0.25, 0.3) is 0 Å². The number of hydrogen-bond donors (Lipinski definition) is 3. The fraction of sp³-hybridized carbons (Fsp3) is 0.286. The maximum Gasteiger partial charge on any atom is 0.307 e. The van der Waals surface area contributed by atoms with E-state index >= 15 is 0 Å². The van der Waals surface area contributed by atoms with Gasteiger partial charge in [0.2, 0.25) is 0 Å². The van der Waals surface area contributed by atoms with E-state index in [0.29, 0.717) is 23.4 Å². The molecule has 0 radical (unpaired) electrons. The quantitative estimate of drug-likeness (QED) is 0.418. The minimum Gasteiger partial charge on any atom is -0.489 e. The van der Waals surface area contributed by atoms with Crippen LogP contribution in [-0.4, -0.2) is 29.3 Å². The lowest BCUT2D eigenvalue weighted by molar-refractivity contribution is -0.139. The second-order valence-electron chi connectivity index (χ2n) is 7.49. The lowest BCUT2D eigenvalue weighted by atomic mass is 9.76. The predicted molar refractivity (Wildman–Crippen MR) is 107 cm³/mol. The summed E-state index contributed by atoms with van der Waals surface area (Å²) >= 11 is 0. The van der Waals surface area contributed by atoms with Crippen LogP contribution in [0.3, 0.4) is 0 Å². The number of nitrogens with one attached hydrogen (secondary N) is 1. The first-order valence-corrected chi connectivity index (χ1v) is 8.96. The van der Waals surface area contributed by atoms with E-state index in [9.17, 15) is 9.59 Å². The van der Waals surface area contributed by atoms with Crippen molar-refractivity contribution in [3.63, 3.8) is 0 Å². The molecule has 1 atom stereocenters. The molecule has 7 nitrogen and oxygen atoms in total. The smallest absolute Gasteiger partial charge is 0.307 e. The van der Waals surface area contributed by atoms with Gasteiger partial charge in [0, 0.05) is 16.8 Å². The van der Waals surface area contributed by atoms with Gasteiger partial charge in [-0.25, -0.2) is 0 Å². The predicted octanol–water partition coefficient (Wildman–Crippen LogP) is 3.13. The van der Waals surface area contributed by atoms with Gasteiger partial charge in [-0.2, -0.15) is 5.10 Å². The number of amides is 1. The Kier molecular flexibility index (Phi) is 5.35. The van der Waals surface area contributed by atoms with Gasteiger partial charge in [0.1, 0.15) is 11.9 Å². The van der Waals surface area contributed by atoms with Crippen LogP contribution >= 0.6 is 0 Å². The molecule has 3 rings (SSSR count). The van der Waals surface area contributed by atoms with Gasteiger partial charge in [0.15, 0.2) is 0 Å². The van der Waals surface area contributed by atoms with Crippen molar-refractivity contribution in [3.8, 4) is 5.75 Å². The molecule has 7 heteroatoms. The van der Waals surface area contributed by atoms with Gasteiger partial charge in [-0.05, 0) is 47.7 Å². The Balaban J connectivity index is 1.78. The number of carbonyl (C=O) groups is 2. The first-order chi connectivity index (χ1) is 13.3. The molecule has 146 valence electrons. The third kappa shape index (κ3) is 4.31. The van der Waals surface area contributed by atoms with E-state index in [1.807, 2.05) is 19.9 Å². The molecule has 0 spiro atoms. The van der Waals surface area contributed by atoms with E-state index in [-0.39, 0.29) is 23.8 Å². The van der Waals surface area contributed by atoms with Crippen molar-refractivity contribution in [3.05, 3.63) is 59.2 Å². The number of hydrazone groups is 1. The molecule has 0 aliphatic carbocycles. The molecule has 1 aliphatic heterocycles. The lowest BCUT2D eigenvalue weighted by Gasteiger charge is -2.37. The normalized spacial score (nSPS) is 17.6. The average molecular weight is 381 g/mol. The van der Waals surface area contributed by atoms with Crippen LogP contribution in [-0.2, 0) is 10.2 Å². The number of carboxylic acid groups (broad SMARTS) is 1. The number of ether oxygens (including phenoxy) is 1. The summed E-state index contributed by atoms with van der Waals surface area (Å²) in [5.74, 6) is 4.67. The van der Waals surface area contributed by atoms with E-state index in [1.165, 1.54) is 6.21 Å². The average Bonchev–Trinajstić information content (AvgIpc) is 2.62. The van der Waals surface area contributed by atoms with Crippen molar-refractivity contribution in [2.45, 2.75) is 38.2 Å². The van der Waals surface area contributed by atoms with E-state index < -0.39 is 5.97 Å². The molecule has 0 fully saturated rings. The topological polar surface area (TPSA) is 114 Å². The second-order valence-corrected chi connectivity index (χ2v) is 7.49. The highest BCUT2D eigenvalue weighted by Crippen LogP contribution is 2.42. The van der Waals surface area contributed by atoms with Gasteiger partial charge < -0.3 is 21.0 Å². The number of nitrogens with zero attached hydrogens (tertiary/aromatic N) is 1. The molecule has 0 aromatic heterocycles. The second kappa shape index (κ2) is 7.72. The Morgan fingerprint density at radius 2 is 2.00 bits per heavy atom. The number of anilines is 1. The van der Waals surface area contributed by atoms with Crippen molar-refractivity contribution in [1.29, 1.82) is 0 Å². The summed E-state index contributed by atoms with van der Waals surface area (Å²) in [6.45, 7) is 4.10. The Morgan fingerprint density at radius 3 is 2.64 bits per heavy atom. The summed E-state index contributed by atoms with van der Waals surface area (Å²) in [5, 5.41) is 15.4. The number of rotatable bonds is 5. The molecular weight excluding hydrogens is 358 g/mol. The van der Waals surface area contributed by atoms with Gasteiger partial charge in [-0.15, -0.1) is 0 Å². The third-order valence-electron chi connectivity index (χ3n) is 4.80. The molecule has 1 unspecified atom stereocenters. The van der Waals surface area contributed by atoms with E-state index in [4.69, 9.17) is 15.7 Å². The molecule has 28 heavy (non-hydrogen) atoms. The van der Waals surface area contributed by atoms with Gasteiger partial charge >= 0.3 is 5.97 Å². The zero-order valence-electron chi connectivity index (χ0n) is 15.8. The molecule has 1 amide bonds. The van der Waals surface area contributed by atoms with Gasteiger partial charge in [-0.1, -0.05) is 26.0 Å². The molecule has 1 aliphatic rings. The van der Waals surface area contributed by atoms with Crippen LogP contribution in [0.4, 0.5) is 5.69 Å². The number of carboxylic acids is 1. The van der Waals surface area contributed by atoms with Crippen LogP contribution in [0.1, 0.15) is 48.2 Å². The summed E-state index contributed by atoms with van der Waals surface area (Å²) in [7, 11) is 0. The van der Waals surface area contributed by atoms with Gasteiger partial charge in [0.25, 0.3) is 5.91 Å². The summed E-state index contributed by atoms with van der Waals surface area (Å²) < 4.78 is 5.84. The van der Waals surface area contributed by atoms with Crippen LogP contribution < -0.4 is 15.9 Å². The largest absolute Gasteiger partial charge is 0.489 e. The van der Waals surface area contributed by atoms with E-state index in [1.54, 1.807) is 36.4 Å². The Hall–Kier alpha value is -3.35. The first kappa shape index (κ1) is 19.4. The number of carbonyl (C=O) groups excluding carboxylic acids is 1. The molecule has 2 aromatic carbocycles. The number of fused-ring (bicyclic) bond motifs is 1. The van der Waals surface area contributed by atoms with E-state index in [2.05, 4.69) is 10.4 Å². The molecule has 2 aromatic rings. The maximum absolute atomic E-state index is 12.5. The Bertz CT molecular complexity index is 920. The lowest BCUT2D eigenvalue weighted by Crippen LogP contribution is -2.35. The maximum atomic E-state index is 12.5. The molecule has 4 N–H and O–H groups in total. The molecular formula is C21H23N3O4. The van der Waals surface area contributed by atoms with Gasteiger partial charge in [0.05, 0.1) is 12.6 Å². The number of benzene rings is 2. The van der Waals surface area contributed by atoms with Crippen molar-refractivity contribution in [2.24, 2.45) is 10.9 Å². The molecule has 0 bridgehead atoms. The molecule has 0 saturated carbocycles. The molecule has 0 saturated heterocycles. The Morgan fingerprint density at radius 1 is 1.29 bits per heavy atom. The minimum absolute atomic E-state index is 0.0355. The van der Waals surface area contributed by atoms with Crippen molar-refractivity contribution in [2.75, 3.05) is 5.32 Å². The molecule has 1 heterocycles. The Labute approximate surface area is 163 Å². The van der Waals surface area contributed by atoms with Gasteiger partial charge in [-0.3, -0.25) is 9.59 Å². The number of aliphatic carboxylic acids is 1. The van der Waals surface area contributed by atoms with Crippen molar-refractivity contribution >= 4 is 23.8 Å². The highest BCUT2D eigenvalue weighted by molar-refractivity contribution is 6.04. The van der Waals surface area contributed by atoms with E-state index in [0.717, 1.165) is 11.1 Å². The van der Waals surface area contributed by atoms with Crippen LogP contribution in [0.15, 0.2) is 47.6 Å². The highest BCUT2D eigenvalue weighted by Gasteiger charge is 2.35. The standard InChI is InChI=1S/C21H23N3O4/c1-21(2)11-16(10-19(25)26)28-18-8-7-15(9-17(18)21)24-20(27)14-5-3-13(4-6-14)12-23-22/h3-9,12,16H,10-11,22H2,1-2H3,(H,24,27)(H,25,26). The fourth-order valence-electron chi connectivity index (χ4n) is 3.46. The fourth-order valence-corrected chi connectivity index (χ4v) is 3.46. The van der Waals surface area contributed by atoms with Crippen LogP contribution in [0.5, 0.6) is 5.75 Å². The third-order valence-corrected chi connectivity index (χ3v) is 4.80. The minimum atomic E-state index is -0.878. The van der Waals surface area contributed by atoms with Crippen LogP contribution in [0.2, 0.25) is 0 Å². The zero-order chi connectivity index (χ0) is 20.3. The summed E-state index contributed by atoms with van der Waals surface area (Å²) in [6, 6.07) is 12.4. The summed E-state index contributed by atoms with van der Waals surface area (Å²) in [6.07, 6.45) is 1.70. The summed E-state index contributed by atoms with van der Waals surface area (Å²) in [4.78, 5) is 23.5. The first-order valence-electron chi connectivity index (χ1n) is 8.96. The van der Waals surface area contributed by atoms with Crippen LogP contribution in [0, 0.1) is 0 Å². The summed E-state index contributed by atoms with van der Waals surface area (Å²) in [5.41, 5.74) is 2.66. The zero-order valence-corrected chi connectivity index (χ0v) is 15.8. The SMILES string of the molecule is CC1(C)CC(CC(=O)O)Oc2ccc(NC(=O)c3ccc(C=NN)cc3)cc21. The number of nitrogens with two attached hydrogens (primary N) is 1. The van der Waals surface area contributed by atoms with Crippen molar-refractivity contribution < 1.29 is 19.4 Å². The number of hydrogen-bond acceptors (Lipinski definition) is 5. The van der Waals surface area contributed by atoms with Crippen molar-refractivity contribution in [1.82, 2.24) is 0 Å².